The molecule has 1 unspecified atom stereocenters. The van der Waals surface area contributed by atoms with Crippen molar-refractivity contribution >= 4 is 11.8 Å². The lowest BCUT2D eigenvalue weighted by molar-refractivity contribution is -0.127. The molecule has 0 aliphatic carbocycles. The van der Waals surface area contributed by atoms with E-state index in [4.69, 9.17) is 10.5 Å². The van der Waals surface area contributed by atoms with Gasteiger partial charge in [-0.3, -0.25) is 14.5 Å². The molecule has 0 aromatic carbocycles. The number of hydrogen-bond acceptors (Lipinski definition) is 5. The molecule has 4 N–H and O–H groups in total. The molecule has 1 fully saturated rings. The van der Waals surface area contributed by atoms with Gasteiger partial charge in [0.1, 0.15) is 0 Å². The van der Waals surface area contributed by atoms with Crippen LogP contribution in [-0.4, -0.2) is 68.2 Å². The van der Waals surface area contributed by atoms with Crippen molar-refractivity contribution < 1.29 is 14.3 Å². The van der Waals surface area contributed by atoms with Crippen LogP contribution in [0.4, 0.5) is 0 Å². The quantitative estimate of drug-likeness (QED) is 0.556. The lowest BCUT2D eigenvalue weighted by atomic mass is 10.1. The van der Waals surface area contributed by atoms with E-state index in [1.807, 2.05) is 13.8 Å². The fourth-order valence-electron chi connectivity index (χ4n) is 2.06. The minimum Gasteiger partial charge on any atom is -0.379 e. The van der Waals surface area contributed by atoms with Gasteiger partial charge in [0, 0.05) is 25.7 Å². The summed E-state index contributed by atoms with van der Waals surface area (Å²) < 4.78 is 5.29. The van der Waals surface area contributed by atoms with Crippen molar-refractivity contribution in [3.05, 3.63) is 0 Å². The highest BCUT2D eigenvalue weighted by Crippen LogP contribution is 2.02. The van der Waals surface area contributed by atoms with Crippen LogP contribution in [0.1, 0.15) is 20.8 Å². The second kappa shape index (κ2) is 8.96. The average Bonchev–Trinajstić information content (AvgIpc) is 2.50. The predicted molar refractivity (Wildman–Crippen MR) is 80.7 cm³/mol. The van der Waals surface area contributed by atoms with Crippen LogP contribution >= 0.6 is 0 Å². The van der Waals surface area contributed by atoms with Gasteiger partial charge in [-0.2, -0.15) is 0 Å². The summed E-state index contributed by atoms with van der Waals surface area (Å²) >= 11 is 0. The van der Waals surface area contributed by atoms with Gasteiger partial charge in [0.25, 0.3) is 0 Å². The molecule has 0 bridgehead atoms. The second-order valence-corrected chi connectivity index (χ2v) is 5.79. The Kier molecular flexibility index (Phi) is 7.63. The minimum absolute atomic E-state index is 0.0327. The van der Waals surface area contributed by atoms with Crippen LogP contribution in [-0.2, 0) is 14.3 Å². The van der Waals surface area contributed by atoms with E-state index in [0.717, 1.165) is 26.3 Å². The summed E-state index contributed by atoms with van der Waals surface area (Å²) in [5.41, 5.74) is 5.70. The van der Waals surface area contributed by atoms with Crippen LogP contribution in [0.15, 0.2) is 0 Å². The Morgan fingerprint density at radius 1 is 1.19 bits per heavy atom. The smallest absolute Gasteiger partial charge is 0.239 e. The van der Waals surface area contributed by atoms with Crippen molar-refractivity contribution in [3.63, 3.8) is 0 Å². The summed E-state index contributed by atoms with van der Waals surface area (Å²) in [6.07, 6.45) is 0. The van der Waals surface area contributed by atoms with Gasteiger partial charge in [0.15, 0.2) is 0 Å². The number of nitrogens with two attached hydrogens (primary N) is 1. The molecular formula is C14H28N4O3. The summed E-state index contributed by atoms with van der Waals surface area (Å²) in [7, 11) is 0. The standard InChI is InChI=1S/C14H28N4O3/c1-10(2)13(15)14(20)17-9-12(19)16-8-11(3)18-4-6-21-7-5-18/h10-11,13H,4-9,15H2,1-3H3,(H,16,19)(H,17,20)/t11?,13-/m0/s1. The van der Waals surface area contributed by atoms with E-state index >= 15 is 0 Å². The number of nitrogens with one attached hydrogen (secondary N) is 2. The largest absolute Gasteiger partial charge is 0.379 e. The number of rotatable bonds is 7. The Morgan fingerprint density at radius 3 is 2.38 bits per heavy atom. The molecule has 2 amide bonds. The molecule has 0 aromatic heterocycles. The lowest BCUT2D eigenvalue weighted by Crippen LogP contribution is -2.50. The zero-order chi connectivity index (χ0) is 15.8. The topological polar surface area (TPSA) is 96.7 Å². The zero-order valence-electron chi connectivity index (χ0n) is 13.2. The monoisotopic (exact) mass is 300 g/mol. The van der Waals surface area contributed by atoms with E-state index in [9.17, 15) is 9.59 Å². The van der Waals surface area contributed by atoms with E-state index in [2.05, 4.69) is 22.5 Å². The van der Waals surface area contributed by atoms with Crippen LogP contribution in [0.2, 0.25) is 0 Å². The fraction of sp³-hybridized carbons (Fsp3) is 0.857. The third-order valence-electron chi connectivity index (χ3n) is 3.71. The van der Waals surface area contributed by atoms with Crippen molar-refractivity contribution in [2.75, 3.05) is 39.4 Å². The van der Waals surface area contributed by atoms with Crippen LogP contribution in [0.25, 0.3) is 0 Å². The number of morpholine rings is 1. The number of hydrogen-bond donors (Lipinski definition) is 3. The van der Waals surface area contributed by atoms with E-state index in [1.54, 1.807) is 0 Å². The van der Waals surface area contributed by atoms with Crippen LogP contribution < -0.4 is 16.4 Å². The van der Waals surface area contributed by atoms with Gasteiger partial charge in [0.05, 0.1) is 25.8 Å². The Morgan fingerprint density at radius 2 is 1.81 bits per heavy atom. The van der Waals surface area contributed by atoms with Gasteiger partial charge >= 0.3 is 0 Å². The molecule has 1 heterocycles. The van der Waals surface area contributed by atoms with Gasteiger partial charge in [-0.25, -0.2) is 0 Å². The van der Waals surface area contributed by atoms with Crippen LogP contribution in [0.5, 0.6) is 0 Å². The SMILES string of the molecule is CC(C)[C@H](N)C(=O)NCC(=O)NCC(C)N1CCOCC1. The minimum atomic E-state index is -0.579. The number of carbonyl (C=O) groups excluding carboxylic acids is 2. The molecule has 1 rings (SSSR count). The average molecular weight is 300 g/mol. The molecule has 2 atom stereocenters. The number of nitrogens with zero attached hydrogens (tertiary/aromatic N) is 1. The first-order chi connectivity index (χ1) is 9.91. The van der Waals surface area contributed by atoms with Crippen LogP contribution in [0.3, 0.4) is 0 Å². The fourth-order valence-corrected chi connectivity index (χ4v) is 2.06. The Balaban J connectivity index is 2.20. The number of amides is 2. The lowest BCUT2D eigenvalue weighted by Gasteiger charge is -2.32. The molecule has 0 aromatic rings. The first kappa shape index (κ1) is 17.9. The molecule has 7 heteroatoms. The highest BCUT2D eigenvalue weighted by molar-refractivity contribution is 5.87. The third kappa shape index (κ3) is 6.41. The summed E-state index contributed by atoms with van der Waals surface area (Å²) in [5.74, 6) is -0.435. The summed E-state index contributed by atoms with van der Waals surface area (Å²) in [5, 5.41) is 5.38. The summed E-state index contributed by atoms with van der Waals surface area (Å²) in [6.45, 7) is 9.58. The molecule has 1 saturated heterocycles. The van der Waals surface area contributed by atoms with Crippen LogP contribution in [0, 0.1) is 5.92 Å². The van der Waals surface area contributed by atoms with Gasteiger partial charge in [-0.15, -0.1) is 0 Å². The predicted octanol–water partition coefficient (Wildman–Crippen LogP) is -1.08. The molecule has 0 saturated carbocycles. The van der Waals surface area contributed by atoms with Gasteiger partial charge in [0.2, 0.25) is 11.8 Å². The molecule has 1 aliphatic heterocycles. The van der Waals surface area contributed by atoms with Crippen molar-refractivity contribution in [1.29, 1.82) is 0 Å². The maximum Gasteiger partial charge on any atom is 0.239 e. The first-order valence-electron chi connectivity index (χ1n) is 7.53. The van der Waals surface area contributed by atoms with E-state index < -0.39 is 6.04 Å². The molecule has 1 aliphatic rings. The number of ether oxygens (including phenoxy) is 1. The first-order valence-corrected chi connectivity index (χ1v) is 7.53. The number of carbonyl (C=O) groups is 2. The van der Waals surface area contributed by atoms with Crippen molar-refractivity contribution in [3.8, 4) is 0 Å². The van der Waals surface area contributed by atoms with E-state index in [0.29, 0.717) is 6.54 Å². The molecule has 21 heavy (non-hydrogen) atoms. The maximum absolute atomic E-state index is 11.7. The van der Waals surface area contributed by atoms with Gasteiger partial charge < -0.3 is 21.1 Å². The molecule has 7 nitrogen and oxygen atoms in total. The molecule has 0 spiro atoms. The molecule has 0 radical (unpaired) electrons. The Labute approximate surface area is 126 Å². The summed E-state index contributed by atoms with van der Waals surface area (Å²) in [4.78, 5) is 25.6. The van der Waals surface area contributed by atoms with Crippen molar-refractivity contribution in [1.82, 2.24) is 15.5 Å². The highest BCUT2D eigenvalue weighted by Gasteiger charge is 2.19. The maximum atomic E-state index is 11.7. The van der Waals surface area contributed by atoms with E-state index in [1.165, 1.54) is 0 Å². The second-order valence-electron chi connectivity index (χ2n) is 5.79. The summed E-state index contributed by atoms with van der Waals surface area (Å²) in [6, 6.07) is -0.323. The van der Waals surface area contributed by atoms with Gasteiger partial charge in [-0.05, 0) is 12.8 Å². The highest BCUT2D eigenvalue weighted by atomic mass is 16.5. The van der Waals surface area contributed by atoms with Gasteiger partial charge in [-0.1, -0.05) is 13.8 Å². The van der Waals surface area contributed by atoms with Crippen molar-refractivity contribution in [2.45, 2.75) is 32.9 Å². The molecule has 122 valence electrons. The third-order valence-corrected chi connectivity index (χ3v) is 3.71. The Hall–Kier alpha value is -1.18. The van der Waals surface area contributed by atoms with Crippen molar-refractivity contribution in [2.24, 2.45) is 11.7 Å². The zero-order valence-corrected chi connectivity index (χ0v) is 13.2. The van der Waals surface area contributed by atoms with E-state index in [-0.39, 0.29) is 30.3 Å². The normalized spacial score (nSPS) is 19.1. The molecular weight excluding hydrogens is 272 g/mol. The Bertz CT molecular complexity index is 343.